The molecule has 3 aromatic rings. The summed E-state index contributed by atoms with van der Waals surface area (Å²) >= 11 is 0. The molecule has 0 unspecified atom stereocenters. The summed E-state index contributed by atoms with van der Waals surface area (Å²) in [7, 11) is 0. The summed E-state index contributed by atoms with van der Waals surface area (Å²) in [5.74, 6) is 1.44. The number of benzene rings is 2. The third-order valence-corrected chi connectivity index (χ3v) is 4.53. The van der Waals surface area contributed by atoms with Crippen molar-refractivity contribution in [3.05, 3.63) is 77.0 Å². The number of nitrogens with zero attached hydrogens (tertiary/aromatic N) is 3. The molecule has 0 bridgehead atoms. The highest BCUT2D eigenvalue weighted by molar-refractivity contribution is 5.99. The minimum Gasteiger partial charge on any atom is -0.261 e. The van der Waals surface area contributed by atoms with Crippen LogP contribution in [0.25, 0.3) is 11.4 Å². The van der Waals surface area contributed by atoms with Gasteiger partial charge in [-0.1, -0.05) is 61.5 Å². The number of aromatic nitrogens is 2. The molecule has 0 aliphatic rings. The van der Waals surface area contributed by atoms with Crippen molar-refractivity contribution in [2.75, 3.05) is 5.43 Å². The van der Waals surface area contributed by atoms with E-state index < -0.39 is 0 Å². The predicted molar refractivity (Wildman–Crippen MR) is 109 cm³/mol. The van der Waals surface area contributed by atoms with Crippen LogP contribution in [0.5, 0.6) is 0 Å². The topological polar surface area (TPSA) is 50.2 Å². The number of aryl methyl sites for hydroxylation is 2. The molecule has 0 atom stereocenters. The normalized spacial score (nSPS) is 11.5. The molecule has 1 heterocycles. The summed E-state index contributed by atoms with van der Waals surface area (Å²) < 4.78 is 0. The van der Waals surface area contributed by atoms with Gasteiger partial charge in [0.05, 0.1) is 5.71 Å². The van der Waals surface area contributed by atoms with E-state index in [0.29, 0.717) is 5.82 Å². The molecule has 0 radical (unpaired) electrons. The van der Waals surface area contributed by atoms with E-state index in [2.05, 4.69) is 51.7 Å². The van der Waals surface area contributed by atoms with Crippen molar-refractivity contribution in [1.29, 1.82) is 0 Å². The maximum atomic E-state index is 4.67. The van der Waals surface area contributed by atoms with Gasteiger partial charge in [-0.05, 0) is 38.3 Å². The van der Waals surface area contributed by atoms with Crippen LogP contribution < -0.4 is 5.43 Å². The Bertz CT molecular complexity index is 913. The Morgan fingerprint density at radius 2 is 1.65 bits per heavy atom. The highest BCUT2D eigenvalue weighted by atomic mass is 15.3. The molecule has 26 heavy (non-hydrogen) atoms. The molecule has 2 aromatic carbocycles. The fraction of sp³-hybridized carbons (Fsp3) is 0.227. The fourth-order valence-electron chi connectivity index (χ4n) is 2.64. The molecule has 3 rings (SSSR count). The van der Waals surface area contributed by atoms with Crippen molar-refractivity contribution in [1.82, 2.24) is 9.97 Å². The Morgan fingerprint density at radius 1 is 0.962 bits per heavy atom. The van der Waals surface area contributed by atoms with Gasteiger partial charge in [0.25, 0.3) is 0 Å². The number of rotatable bonds is 5. The first-order chi connectivity index (χ1) is 12.6. The van der Waals surface area contributed by atoms with Crippen LogP contribution in [0.2, 0.25) is 0 Å². The highest BCUT2D eigenvalue weighted by Gasteiger charge is 2.09. The minimum atomic E-state index is 0.705. The lowest BCUT2D eigenvalue weighted by atomic mass is 10.1. The lowest BCUT2D eigenvalue weighted by Gasteiger charge is -2.10. The molecule has 4 heteroatoms. The molecular weight excluding hydrogens is 320 g/mol. The van der Waals surface area contributed by atoms with E-state index in [1.807, 2.05) is 51.1 Å². The van der Waals surface area contributed by atoms with Crippen molar-refractivity contribution in [3.8, 4) is 11.4 Å². The second-order valence-electron chi connectivity index (χ2n) is 6.33. The monoisotopic (exact) mass is 344 g/mol. The Hall–Kier alpha value is -3.01. The summed E-state index contributed by atoms with van der Waals surface area (Å²) in [6.45, 7) is 8.15. The minimum absolute atomic E-state index is 0.705. The van der Waals surface area contributed by atoms with Gasteiger partial charge in [0.15, 0.2) is 11.6 Å². The molecule has 0 saturated heterocycles. The number of nitrogens with one attached hydrogen (secondary N) is 1. The zero-order valence-corrected chi connectivity index (χ0v) is 15.7. The first-order valence-electron chi connectivity index (χ1n) is 8.88. The largest absolute Gasteiger partial charge is 0.261 e. The first-order valence-corrected chi connectivity index (χ1v) is 8.88. The van der Waals surface area contributed by atoms with Crippen LogP contribution in [-0.2, 0) is 6.42 Å². The quantitative estimate of drug-likeness (QED) is 0.514. The number of hydrogen-bond donors (Lipinski definition) is 1. The van der Waals surface area contributed by atoms with Crippen LogP contribution in [0, 0.1) is 13.8 Å². The molecule has 132 valence electrons. The van der Waals surface area contributed by atoms with Gasteiger partial charge in [-0.3, -0.25) is 5.43 Å². The van der Waals surface area contributed by atoms with Gasteiger partial charge in [-0.2, -0.15) is 5.10 Å². The van der Waals surface area contributed by atoms with Crippen molar-refractivity contribution in [2.24, 2.45) is 5.10 Å². The van der Waals surface area contributed by atoms with E-state index in [1.54, 1.807) is 0 Å². The highest BCUT2D eigenvalue weighted by Crippen LogP contribution is 2.21. The smallest absolute Gasteiger partial charge is 0.161 e. The molecule has 1 aromatic heterocycles. The lowest BCUT2D eigenvalue weighted by Crippen LogP contribution is -2.05. The molecule has 0 aliphatic heterocycles. The maximum Gasteiger partial charge on any atom is 0.161 e. The Balaban J connectivity index is 1.87. The SMILES string of the molecule is CCc1ccc(C(C)=NNc2nc(-c3ccccc3)nc(C)c2C)cc1. The van der Waals surface area contributed by atoms with E-state index in [-0.39, 0.29) is 0 Å². The third-order valence-electron chi connectivity index (χ3n) is 4.53. The van der Waals surface area contributed by atoms with Crippen LogP contribution in [0.15, 0.2) is 59.7 Å². The zero-order chi connectivity index (χ0) is 18.5. The van der Waals surface area contributed by atoms with Crippen molar-refractivity contribution in [3.63, 3.8) is 0 Å². The molecule has 0 aliphatic carbocycles. The molecule has 4 nitrogen and oxygen atoms in total. The second kappa shape index (κ2) is 7.91. The number of anilines is 1. The van der Waals surface area contributed by atoms with Gasteiger partial charge < -0.3 is 0 Å². The predicted octanol–water partition coefficient (Wildman–Crippen LogP) is 5.16. The van der Waals surface area contributed by atoms with Gasteiger partial charge in [-0.15, -0.1) is 0 Å². The van der Waals surface area contributed by atoms with Crippen LogP contribution in [0.4, 0.5) is 5.82 Å². The maximum absolute atomic E-state index is 4.67. The van der Waals surface area contributed by atoms with Gasteiger partial charge in [0.2, 0.25) is 0 Å². The van der Waals surface area contributed by atoms with Crippen LogP contribution in [-0.4, -0.2) is 15.7 Å². The standard InChI is InChI=1S/C22H24N4/c1-5-18-11-13-19(14-12-18)17(4)25-26-21-15(2)16(3)23-22(24-21)20-9-7-6-8-10-20/h6-14H,5H2,1-4H3,(H,23,24,26). The fourth-order valence-corrected chi connectivity index (χ4v) is 2.64. The van der Waals surface area contributed by atoms with Crippen LogP contribution in [0.1, 0.15) is 36.2 Å². The van der Waals surface area contributed by atoms with Gasteiger partial charge in [0, 0.05) is 16.8 Å². The van der Waals surface area contributed by atoms with E-state index in [1.165, 1.54) is 5.56 Å². The summed E-state index contributed by atoms with van der Waals surface area (Å²) in [6.07, 6.45) is 1.04. The van der Waals surface area contributed by atoms with Crippen LogP contribution in [0.3, 0.4) is 0 Å². The summed E-state index contributed by atoms with van der Waals surface area (Å²) in [5, 5.41) is 4.53. The molecule has 1 N–H and O–H groups in total. The first kappa shape index (κ1) is 17.8. The van der Waals surface area contributed by atoms with Crippen molar-refractivity contribution >= 4 is 11.5 Å². The van der Waals surface area contributed by atoms with Crippen LogP contribution >= 0.6 is 0 Å². The van der Waals surface area contributed by atoms with Gasteiger partial charge in [0.1, 0.15) is 0 Å². The average Bonchev–Trinajstić information content (AvgIpc) is 2.69. The van der Waals surface area contributed by atoms with E-state index in [0.717, 1.165) is 40.3 Å². The third kappa shape index (κ3) is 3.97. The zero-order valence-electron chi connectivity index (χ0n) is 15.7. The average molecular weight is 344 g/mol. The van der Waals surface area contributed by atoms with Crippen molar-refractivity contribution in [2.45, 2.75) is 34.1 Å². The Labute approximate surface area is 155 Å². The summed E-state index contributed by atoms with van der Waals surface area (Å²) in [4.78, 5) is 9.28. The number of hydrazone groups is 1. The molecule has 0 spiro atoms. The van der Waals surface area contributed by atoms with Crippen molar-refractivity contribution < 1.29 is 0 Å². The summed E-state index contributed by atoms with van der Waals surface area (Å²) in [6, 6.07) is 18.5. The van der Waals surface area contributed by atoms with E-state index in [9.17, 15) is 0 Å². The summed E-state index contributed by atoms with van der Waals surface area (Å²) in [5.41, 5.74) is 9.41. The van der Waals surface area contributed by atoms with Gasteiger partial charge in [-0.25, -0.2) is 9.97 Å². The number of hydrogen-bond acceptors (Lipinski definition) is 4. The van der Waals surface area contributed by atoms with Gasteiger partial charge >= 0.3 is 0 Å². The Kier molecular flexibility index (Phi) is 5.42. The molecular formula is C22H24N4. The molecule has 0 amide bonds. The van der Waals surface area contributed by atoms with E-state index >= 15 is 0 Å². The molecule has 0 saturated carbocycles. The second-order valence-corrected chi connectivity index (χ2v) is 6.33. The Morgan fingerprint density at radius 3 is 2.31 bits per heavy atom. The lowest BCUT2D eigenvalue weighted by molar-refractivity contribution is 1.06. The molecule has 0 fully saturated rings. The van der Waals surface area contributed by atoms with E-state index in [4.69, 9.17) is 0 Å².